The van der Waals surface area contributed by atoms with Crippen LogP contribution in [0, 0.1) is 0 Å². The van der Waals surface area contributed by atoms with Crippen LogP contribution < -0.4 is 10.5 Å². The van der Waals surface area contributed by atoms with E-state index in [1.807, 2.05) is 0 Å². The van der Waals surface area contributed by atoms with Crippen molar-refractivity contribution in [2.24, 2.45) is 0 Å². The van der Waals surface area contributed by atoms with Crippen LogP contribution in [0.4, 0.5) is 5.69 Å². The summed E-state index contributed by atoms with van der Waals surface area (Å²) in [4.78, 5) is 0.0788. The lowest BCUT2D eigenvalue weighted by Gasteiger charge is -2.08. The highest BCUT2D eigenvalue weighted by Crippen LogP contribution is 2.22. The number of nitrogens with one attached hydrogen (secondary N) is 1. The predicted octanol–water partition coefficient (Wildman–Crippen LogP) is 2.15. The van der Waals surface area contributed by atoms with Crippen molar-refractivity contribution in [1.29, 1.82) is 0 Å². The third-order valence-corrected chi connectivity index (χ3v) is 4.72. The van der Waals surface area contributed by atoms with Gasteiger partial charge in [0.25, 0.3) is 0 Å². The second kappa shape index (κ2) is 6.34. The molecule has 0 saturated carbocycles. The van der Waals surface area contributed by atoms with Crippen molar-refractivity contribution >= 4 is 27.3 Å². The summed E-state index contributed by atoms with van der Waals surface area (Å²) < 4.78 is 26.7. The summed E-state index contributed by atoms with van der Waals surface area (Å²) in [7, 11) is -3.62. The Morgan fingerprint density at radius 2 is 1.81 bits per heavy atom. The average molecular weight is 327 g/mol. The maximum atomic E-state index is 12.1. The van der Waals surface area contributed by atoms with E-state index in [2.05, 4.69) is 4.72 Å². The number of hydrogen-bond acceptors (Lipinski definition) is 4. The van der Waals surface area contributed by atoms with Gasteiger partial charge in [0.15, 0.2) is 0 Å². The fraction of sp³-hybridized carbons (Fsp3) is 0.143. The third kappa shape index (κ3) is 4.10. The summed E-state index contributed by atoms with van der Waals surface area (Å²) in [6.45, 7) is 0.246. The van der Waals surface area contributed by atoms with Gasteiger partial charge in [-0.25, -0.2) is 13.1 Å². The molecule has 0 heterocycles. The smallest absolute Gasteiger partial charge is 0.240 e. The number of nitrogen functional groups attached to an aromatic ring is 1. The molecule has 0 radical (unpaired) electrons. The first-order valence-electron chi connectivity index (χ1n) is 6.21. The van der Waals surface area contributed by atoms with Gasteiger partial charge in [0.05, 0.1) is 15.6 Å². The Labute approximate surface area is 128 Å². The molecular weight excluding hydrogens is 312 g/mol. The van der Waals surface area contributed by atoms with E-state index in [4.69, 9.17) is 17.3 Å². The van der Waals surface area contributed by atoms with Gasteiger partial charge >= 0.3 is 0 Å². The molecule has 4 N–H and O–H groups in total. The second-order valence-electron chi connectivity index (χ2n) is 4.50. The summed E-state index contributed by atoms with van der Waals surface area (Å²) in [5.74, 6) is 0.177. The molecular formula is C14H15ClN2O3S. The minimum absolute atomic E-state index is 0.0788. The van der Waals surface area contributed by atoms with E-state index in [0.29, 0.717) is 11.4 Å². The molecule has 0 aliphatic carbocycles. The summed E-state index contributed by atoms with van der Waals surface area (Å²) >= 11 is 5.77. The van der Waals surface area contributed by atoms with Gasteiger partial charge in [0, 0.05) is 6.54 Å². The molecule has 0 aliphatic heterocycles. The molecule has 2 aromatic carbocycles. The van der Waals surface area contributed by atoms with Crippen molar-refractivity contribution in [3.8, 4) is 5.75 Å². The average Bonchev–Trinajstić information content (AvgIpc) is 2.44. The van der Waals surface area contributed by atoms with Gasteiger partial charge in [-0.2, -0.15) is 0 Å². The molecule has 21 heavy (non-hydrogen) atoms. The molecule has 0 aromatic heterocycles. The fourth-order valence-corrected chi connectivity index (χ4v) is 2.95. The number of phenolic OH excluding ortho intramolecular Hbond substituents is 1. The number of aromatic hydroxyl groups is 1. The van der Waals surface area contributed by atoms with Crippen LogP contribution in [0.15, 0.2) is 47.4 Å². The van der Waals surface area contributed by atoms with Crippen LogP contribution in [0.1, 0.15) is 5.56 Å². The Balaban J connectivity index is 2.01. The largest absolute Gasteiger partial charge is 0.508 e. The fourth-order valence-electron chi connectivity index (χ4n) is 1.76. The van der Waals surface area contributed by atoms with E-state index in [9.17, 15) is 13.5 Å². The van der Waals surface area contributed by atoms with Crippen molar-refractivity contribution in [3.63, 3.8) is 0 Å². The van der Waals surface area contributed by atoms with E-state index >= 15 is 0 Å². The molecule has 0 saturated heterocycles. The zero-order chi connectivity index (χ0) is 15.5. The molecule has 0 unspecified atom stereocenters. The van der Waals surface area contributed by atoms with E-state index < -0.39 is 10.0 Å². The van der Waals surface area contributed by atoms with Crippen LogP contribution in [0.5, 0.6) is 5.75 Å². The van der Waals surface area contributed by atoms with Crippen molar-refractivity contribution in [2.75, 3.05) is 12.3 Å². The highest BCUT2D eigenvalue weighted by molar-refractivity contribution is 7.89. The zero-order valence-corrected chi connectivity index (χ0v) is 12.7. The van der Waals surface area contributed by atoms with Crippen LogP contribution in [-0.4, -0.2) is 20.1 Å². The summed E-state index contributed by atoms with van der Waals surface area (Å²) in [6.07, 6.45) is 0.516. The van der Waals surface area contributed by atoms with Gasteiger partial charge in [-0.3, -0.25) is 0 Å². The minimum Gasteiger partial charge on any atom is -0.508 e. The van der Waals surface area contributed by atoms with Gasteiger partial charge in [-0.1, -0.05) is 23.7 Å². The van der Waals surface area contributed by atoms with Gasteiger partial charge in [0.1, 0.15) is 5.75 Å². The van der Waals surface area contributed by atoms with E-state index in [1.54, 1.807) is 24.3 Å². The number of anilines is 1. The molecule has 112 valence electrons. The Morgan fingerprint density at radius 1 is 1.14 bits per heavy atom. The molecule has 0 bridgehead atoms. The normalized spacial score (nSPS) is 11.5. The lowest BCUT2D eigenvalue weighted by Crippen LogP contribution is -2.26. The molecule has 0 spiro atoms. The van der Waals surface area contributed by atoms with Gasteiger partial charge in [-0.15, -0.1) is 0 Å². The van der Waals surface area contributed by atoms with E-state index in [-0.39, 0.29) is 22.9 Å². The second-order valence-corrected chi connectivity index (χ2v) is 6.67. The summed E-state index contributed by atoms with van der Waals surface area (Å²) in [5.41, 5.74) is 6.75. The number of halogens is 1. The molecule has 2 rings (SSSR count). The maximum Gasteiger partial charge on any atom is 0.240 e. The van der Waals surface area contributed by atoms with Crippen LogP contribution >= 0.6 is 11.6 Å². The highest BCUT2D eigenvalue weighted by atomic mass is 35.5. The first kappa shape index (κ1) is 15.6. The monoisotopic (exact) mass is 326 g/mol. The number of nitrogens with two attached hydrogens (primary N) is 1. The molecule has 7 heteroatoms. The molecule has 5 nitrogen and oxygen atoms in total. The third-order valence-electron chi connectivity index (χ3n) is 2.92. The quantitative estimate of drug-likeness (QED) is 0.734. The Hall–Kier alpha value is -1.76. The van der Waals surface area contributed by atoms with Crippen molar-refractivity contribution in [3.05, 3.63) is 53.1 Å². The van der Waals surface area contributed by atoms with E-state index in [0.717, 1.165) is 5.56 Å². The molecule has 2 aromatic rings. The molecule has 0 atom stereocenters. The molecule has 0 fully saturated rings. The topological polar surface area (TPSA) is 92.4 Å². The van der Waals surface area contributed by atoms with Crippen molar-refractivity contribution in [1.82, 2.24) is 4.72 Å². The number of rotatable bonds is 5. The van der Waals surface area contributed by atoms with Gasteiger partial charge < -0.3 is 10.8 Å². The first-order chi connectivity index (χ1) is 9.88. The minimum atomic E-state index is -3.62. The van der Waals surface area contributed by atoms with Gasteiger partial charge in [-0.05, 0) is 42.3 Å². The number of sulfonamides is 1. The highest BCUT2D eigenvalue weighted by Gasteiger charge is 2.14. The maximum absolute atomic E-state index is 12.1. The Bertz CT molecular complexity index is 730. The molecule has 0 amide bonds. The predicted molar refractivity (Wildman–Crippen MR) is 82.9 cm³/mol. The summed E-state index contributed by atoms with van der Waals surface area (Å²) in [5, 5.41) is 9.49. The lowest BCUT2D eigenvalue weighted by atomic mass is 10.1. The SMILES string of the molecule is Nc1cc(S(=O)(=O)NCCc2ccc(O)cc2)ccc1Cl. The standard InChI is InChI=1S/C14H15ClN2O3S/c15-13-6-5-12(9-14(13)16)21(19,20)17-8-7-10-1-3-11(18)4-2-10/h1-6,9,17-18H,7-8,16H2. The Kier molecular flexibility index (Phi) is 4.72. The van der Waals surface area contributed by atoms with Crippen molar-refractivity contribution in [2.45, 2.75) is 11.3 Å². The van der Waals surface area contributed by atoms with E-state index in [1.165, 1.54) is 18.2 Å². The van der Waals surface area contributed by atoms with Gasteiger partial charge in [0.2, 0.25) is 10.0 Å². The van der Waals surface area contributed by atoms with Crippen LogP contribution in [-0.2, 0) is 16.4 Å². The van der Waals surface area contributed by atoms with Crippen LogP contribution in [0.3, 0.4) is 0 Å². The number of phenols is 1. The van der Waals surface area contributed by atoms with Crippen LogP contribution in [0.2, 0.25) is 5.02 Å². The lowest BCUT2D eigenvalue weighted by molar-refractivity contribution is 0.475. The first-order valence-corrected chi connectivity index (χ1v) is 8.07. The summed E-state index contributed by atoms with van der Waals surface area (Å²) in [6, 6.07) is 10.8. The van der Waals surface area contributed by atoms with Crippen LogP contribution in [0.25, 0.3) is 0 Å². The number of hydrogen-bond donors (Lipinski definition) is 3. The number of benzene rings is 2. The Morgan fingerprint density at radius 3 is 2.43 bits per heavy atom. The zero-order valence-electron chi connectivity index (χ0n) is 11.1. The van der Waals surface area contributed by atoms with Crippen molar-refractivity contribution < 1.29 is 13.5 Å². The molecule has 0 aliphatic rings.